The second kappa shape index (κ2) is 33.8. The minimum Gasteiger partial charge on any atom is -0.456 e. The van der Waals surface area contributed by atoms with Crippen LogP contribution in [0.5, 0.6) is 0 Å². The number of rotatable bonds is 13. The number of para-hydroxylation sites is 9. The van der Waals surface area contributed by atoms with Crippen molar-refractivity contribution in [1.82, 2.24) is 43.6 Å². The standard InChI is InChI=1S/C46H29N3O.2C40H25N3O/c1-3-12-30(13-4-1)31-22-24-32(25-23-31)39-29-40(36-18-11-21-44-45(36)37-17-8-10-20-43(37)50-44)48-46(47-39)33-26-27-42-38(28-33)35-16-7-9-19-41(35)49(42)34-14-5-2-6-15-34;1-3-12-26(13-4-1)33-25-34(27-22-23-38-32(24-27)29-16-8-10-21-37(29)44-38)42-40(41-33)31-18-11-20-36-39(31)30-17-7-9-19-35(30)43(36)28-14-5-2-6-15-28;1-3-11-26(12-4-1)34-25-35(27-19-22-33-32-16-8-10-18-38(32)44-39(33)24-27)42-40(41-34)28-20-21-31-30-15-7-9-17-36(30)43(37(31)23-28)29-13-5-2-6-14-29/h1-29H;2*1-25H. The Hall–Kier alpha value is -18.8. The first-order chi connectivity index (χ1) is 68.4. The number of fused-ring (bicyclic) bond motifs is 18. The van der Waals surface area contributed by atoms with Gasteiger partial charge in [0.2, 0.25) is 0 Å². The number of aromatic nitrogens is 9. The minimum absolute atomic E-state index is 0.674. The summed E-state index contributed by atoms with van der Waals surface area (Å²) in [5.74, 6) is 2.05. The van der Waals surface area contributed by atoms with Crippen LogP contribution in [0.25, 0.3) is 261 Å². The molecule has 0 amide bonds. The van der Waals surface area contributed by atoms with Gasteiger partial charge in [-0.05, 0) is 169 Å². The van der Waals surface area contributed by atoms with Crippen LogP contribution in [0, 0.1) is 0 Å². The third-order valence-electron chi connectivity index (χ3n) is 26.5. The van der Waals surface area contributed by atoms with E-state index in [-0.39, 0.29) is 0 Å². The monoisotopic (exact) mass is 1770 g/mol. The Labute approximate surface area is 791 Å². The number of hydrogen-bond acceptors (Lipinski definition) is 9. The van der Waals surface area contributed by atoms with E-state index < -0.39 is 0 Å². The summed E-state index contributed by atoms with van der Waals surface area (Å²) in [5, 5.41) is 13.6. The van der Waals surface area contributed by atoms with Crippen molar-refractivity contribution in [2.45, 2.75) is 0 Å². The van der Waals surface area contributed by atoms with E-state index in [1.807, 2.05) is 97.1 Å². The van der Waals surface area contributed by atoms with Gasteiger partial charge in [-0.25, -0.2) is 29.9 Å². The van der Waals surface area contributed by atoms with Crippen LogP contribution < -0.4 is 0 Å². The van der Waals surface area contributed by atoms with Crippen molar-refractivity contribution in [3.8, 4) is 130 Å². The molecule has 0 fully saturated rings. The van der Waals surface area contributed by atoms with Gasteiger partial charge in [-0.15, -0.1) is 0 Å². The molecule has 28 rings (SSSR count). The molecule has 0 radical (unpaired) electrons. The zero-order chi connectivity index (χ0) is 91.1. The van der Waals surface area contributed by atoms with Gasteiger partial charge in [0.15, 0.2) is 17.5 Å². The van der Waals surface area contributed by atoms with Crippen LogP contribution in [0.2, 0.25) is 0 Å². The molecule has 0 saturated heterocycles. The maximum atomic E-state index is 6.28. The molecule has 12 heteroatoms. The Balaban J connectivity index is 0.000000107. The van der Waals surface area contributed by atoms with Gasteiger partial charge < -0.3 is 27.0 Å². The molecule has 0 aliphatic carbocycles. The van der Waals surface area contributed by atoms with Crippen molar-refractivity contribution in [3.05, 3.63) is 479 Å². The average Bonchev–Trinajstić information content (AvgIpc) is 1.57. The number of hydrogen-bond donors (Lipinski definition) is 0. The first-order valence-corrected chi connectivity index (χ1v) is 46.3. The third kappa shape index (κ3) is 14.3. The van der Waals surface area contributed by atoms with E-state index in [0.29, 0.717) is 17.5 Å². The summed E-state index contributed by atoms with van der Waals surface area (Å²) in [7, 11) is 0. The molecule has 138 heavy (non-hydrogen) atoms. The van der Waals surface area contributed by atoms with Gasteiger partial charge in [-0.1, -0.05) is 322 Å². The van der Waals surface area contributed by atoms with Gasteiger partial charge in [0.1, 0.15) is 33.5 Å². The SMILES string of the molecule is c1ccc(-c2cc(-c3ccc4c(c3)oc3ccccc34)nc(-c3ccc4c5ccccc5n(-c5ccccc5)c4c3)n2)cc1.c1ccc(-c2cc(-c3ccc4oc5ccccc5c4c3)nc(-c3cccc4c3c3ccccc3n4-c3ccccc3)n2)cc1.c1ccc(-c2ccc(-c3cc(-c4cccc5oc6ccccc6c45)nc(-c4ccc5c(c4)c4ccccc4n5-c4ccccc4)n3)cc2)cc1. The Kier molecular flexibility index (Phi) is 19.6. The lowest BCUT2D eigenvalue weighted by Gasteiger charge is -2.11. The highest BCUT2D eigenvalue weighted by Gasteiger charge is 2.25. The molecular weight excluding hydrogens is 1690 g/mol. The van der Waals surface area contributed by atoms with Crippen LogP contribution >= 0.6 is 0 Å². The maximum Gasteiger partial charge on any atom is 0.161 e. The quantitative estimate of drug-likeness (QED) is 0.111. The molecule has 28 aromatic rings. The smallest absolute Gasteiger partial charge is 0.161 e. The minimum atomic E-state index is 0.674. The number of benzene rings is 19. The first-order valence-electron chi connectivity index (χ1n) is 46.3. The summed E-state index contributed by atoms with van der Waals surface area (Å²) in [6.45, 7) is 0. The van der Waals surface area contributed by atoms with Crippen molar-refractivity contribution in [2.75, 3.05) is 0 Å². The van der Waals surface area contributed by atoms with Crippen LogP contribution in [0.3, 0.4) is 0 Å². The fraction of sp³-hybridized carbons (Fsp3) is 0. The van der Waals surface area contributed by atoms with Gasteiger partial charge >= 0.3 is 0 Å². The summed E-state index contributed by atoms with van der Waals surface area (Å²) in [5.41, 5.74) is 32.0. The first kappa shape index (κ1) is 80.1. The summed E-state index contributed by atoms with van der Waals surface area (Å²) in [6.07, 6.45) is 0. The van der Waals surface area contributed by atoms with Gasteiger partial charge in [0, 0.05) is 132 Å². The van der Waals surface area contributed by atoms with Crippen LogP contribution in [0.1, 0.15) is 0 Å². The zero-order valence-corrected chi connectivity index (χ0v) is 74.4. The second-order valence-electron chi connectivity index (χ2n) is 34.7. The molecule has 19 aromatic carbocycles. The lowest BCUT2D eigenvalue weighted by atomic mass is 10.00. The molecule has 0 saturated carbocycles. The van der Waals surface area contributed by atoms with Gasteiger partial charge in [-0.2, -0.15) is 0 Å². The highest BCUT2D eigenvalue weighted by Crippen LogP contribution is 2.45. The number of nitrogens with zero attached hydrogens (tertiary/aromatic N) is 9. The van der Waals surface area contributed by atoms with Crippen molar-refractivity contribution in [2.24, 2.45) is 0 Å². The Bertz CT molecular complexity index is 9580. The molecule has 0 spiro atoms. The highest BCUT2D eigenvalue weighted by atomic mass is 16.3. The highest BCUT2D eigenvalue weighted by molar-refractivity contribution is 6.17. The molecule has 12 nitrogen and oxygen atoms in total. The molecule has 0 aliphatic rings. The van der Waals surface area contributed by atoms with E-state index in [9.17, 15) is 0 Å². The van der Waals surface area contributed by atoms with Gasteiger partial charge in [0.25, 0.3) is 0 Å². The van der Waals surface area contributed by atoms with Crippen molar-refractivity contribution in [1.29, 1.82) is 0 Å². The molecule has 0 bridgehead atoms. The fourth-order valence-corrected chi connectivity index (χ4v) is 20.0. The Morgan fingerprint density at radius 1 is 0.145 bits per heavy atom. The summed E-state index contributed by atoms with van der Waals surface area (Å²) in [6, 6.07) is 166. The van der Waals surface area contributed by atoms with Crippen LogP contribution in [-0.4, -0.2) is 43.6 Å². The second-order valence-corrected chi connectivity index (χ2v) is 34.7. The topological polar surface area (TPSA) is 132 Å². The van der Waals surface area contributed by atoms with Crippen molar-refractivity contribution in [3.63, 3.8) is 0 Å². The maximum absolute atomic E-state index is 6.28. The van der Waals surface area contributed by atoms with Gasteiger partial charge in [0.05, 0.1) is 67.3 Å². The Morgan fingerprint density at radius 3 is 1.08 bits per heavy atom. The van der Waals surface area contributed by atoms with Crippen LogP contribution in [-0.2, 0) is 0 Å². The molecule has 0 unspecified atom stereocenters. The lowest BCUT2D eigenvalue weighted by Crippen LogP contribution is -1.97. The predicted molar refractivity (Wildman–Crippen MR) is 565 cm³/mol. The fourth-order valence-electron chi connectivity index (χ4n) is 20.0. The summed E-state index contributed by atoms with van der Waals surface area (Å²) < 4.78 is 25.6. The molecule has 646 valence electrons. The molecule has 9 aromatic heterocycles. The van der Waals surface area contributed by atoms with Crippen molar-refractivity contribution >= 4 is 131 Å². The van der Waals surface area contributed by atoms with E-state index in [1.165, 1.54) is 43.7 Å². The summed E-state index contributed by atoms with van der Waals surface area (Å²) >= 11 is 0. The van der Waals surface area contributed by atoms with Crippen LogP contribution in [0.4, 0.5) is 0 Å². The molecular formula is C126H79N9O3. The van der Waals surface area contributed by atoms with Crippen LogP contribution in [0.15, 0.2) is 492 Å². The van der Waals surface area contributed by atoms with E-state index in [4.69, 9.17) is 43.2 Å². The number of furan rings is 3. The lowest BCUT2D eigenvalue weighted by molar-refractivity contribution is 0.668. The molecule has 9 heterocycles. The molecule has 0 N–H and O–H groups in total. The Morgan fingerprint density at radius 2 is 0.471 bits per heavy atom. The van der Waals surface area contributed by atoms with E-state index in [1.54, 1.807) is 0 Å². The normalized spacial score (nSPS) is 11.6. The largest absolute Gasteiger partial charge is 0.456 e. The summed E-state index contributed by atoms with van der Waals surface area (Å²) in [4.78, 5) is 31.3. The molecule has 0 aliphatic heterocycles. The average molecular weight is 1770 g/mol. The van der Waals surface area contributed by atoms with E-state index in [0.717, 1.165) is 200 Å². The van der Waals surface area contributed by atoms with Crippen molar-refractivity contribution < 1.29 is 13.3 Å². The van der Waals surface area contributed by atoms with E-state index >= 15 is 0 Å². The zero-order valence-electron chi connectivity index (χ0n) is 74.4. The third-order valence-corrected chi connectivity index (χ3v) is 26.5. The predicted octanol–water partition coefficient (Wildman–Crippen LogP) is 33.1. The molecule has 0 atom stereocenters. The van der Waals surface area contributed by atoms with E-state index in [2.05, 4.69) is 396 Å². The van der Waals surface area contributed by atoms with Gasteiger partial charge in [-0.3, -0.25) is 0 Å².